The number of carbonyl (C=O) groups is 2. The highest BCUT2D eigenvalue weighted by molar-refractivity contribution is 7.99. The van der Waals surface area contributed by atoms with Gasteiger partial charge in [0.05, 0.1) is 0 Å². The number of hydrogen-bond donors (Lipinski definition) is 0. The number of amides is 2. The first-order valence-electron chi connectivity index (χ1n) is 14.6. The lowest BCUT2D eigenvalue weighted by Crippen LogP contribution is -2.55. The molecule has 2 aliphatic heterocycles. The number of thioether (sulfide) groups is 1. The van der Waals surface area contributed by atoms with E-state index < -0.39 is 0 Å². The molecule has 4 aromatic rings. The summed E-state index contributed by atoms with van der Waals surface area (Å²) >= 11 is 1.61. The minimum Gasteiger partial charge on any atom is -0.454 e. The maximum Gasteiger partial charge on any atom is 0.254 e. The predicted molar refractivity (Wildman–Crippen MR) is 166 cm³/mol. The van der Waals surface area contributed by atoms with Gasteiger partial charge < -0.3 is 19.3 Å². The van der Waals surface area contributed by atoms with E-state index in [1.807, 2.05) is 16.7 Å². The summed E-state index contributed by atoms with van der Waals surface area (Å²) in [5, 5.41) is 9.87. The molecular weight excluding hydrogens is 562 g/mol. The molecule has 0 spiro atoms. The number of aryl methyl sites for hydroxylation is 2. The third-order valence-electron chi connectivity index (χ3n) is 7.86. The van der Waals surface area contributed by atoms with Gasteiger partial charge in [-0.25, -0.2) is 0 Å². The van der Waals surface area contributed by atoms with Crippen LogP contribution in [0.15, 0.2) is 71.9 Å². The second-order valence-corrected chi connectivity index (χ2v) is 12.1. The van der Waals surface area contributed by atoms with E-state index in [2.05, 4.69) is 77.1 Å². The van der Waals surface area contributed by atoms with Crippen LogP contribution in [0.5, 0.6) is 11.5 Å². The van der Waals surface area contributed by atoms with Crippen LogP contribution in [0.25, 0.3) is 17.1 Å². The Bertz CT molecular complexity index is 1620. The molecule has 3 heterocycles. The molecule has 3 aromatic carbocycles. The van der Waals surface area contributed by atoms with Gasteiger partial charge in [-0.3, -0.25) is 14.2 Å². The Balaban J connectivity index is 1.05. The zero-order valence-corrected chi connectivity index (χ0v) is 25.5. The van der Waals surface area contributed by atoms with Gasteiger partial charge in [0.1, 0.15) is 0 Å². The molecule has 0 saturated carbocycles. The van der Waals surface area contributed by atoms with Crippen LogP contribution in [0.4, 0.5) is 0 Å². The summed E-state index contributed by atoms with van der Waals surface area (Å²) in [7, 11) is 0. The standard InChI is InChI=1S/C33H35N5O4S/c1-22-6-10-25(11-7-22)31-34-35-33(38(31)27-13-8-23(2)9-14-27)43-18-4-5-30(39)36-16-17-37(24(3)20-36)32(40)26-12-15-28-29(19-26)42-21-41-28/h6-15,19,24H,4-5,16-18,20-21H2,1-3H3. The lowest BCUT2D eigenvalue weighted by Gasteiger charge is -2.40. The quantitative estimate of drug-likeness (QED) is 0.195. The van der Waals surface area contributed by atoms with Crippen molar-refractivity contribution in [3.05, 3.63) is 83.4 Å². The SMILES string of the molecule is Cc1ccc(-c2nnc(SCCCC(=O)N3CCN(C(=O)c4ccc5c(c4)OCO5)C(C)C3)n2-c2ccc(C)cc2)cc1. The number of aromatic nitrogens is 3. The van der Waals surface area contributed by atoms with E-state index in [1.54, 1.807) is 30.0 Å². The average Bonchev–Trinajstić information content (AvgIpc) is 3.66. The van der Waals surface area contributed by atoms with Crippen molar-refractivity contribution in [1.29, 1.82) is 0 Å². The van der Waals surface area contributed by atoms with E-state index >= 15 is 0 Å². The highest BCUT2D eigenvalue weighted by Crippen LogP contribution is 2.33. The number of ether oxygens (including phenoxy) is 2. The fourth-order valence-corrected chi connectivity index (χ4v) is 6.30. The highest BCUT2D eigenvalue weighted by Gasteiger charge is 2.31. The molecule has 2 amide bonds. The van der Waals surface area contributed by atoms with E-state index in [0.717, 1.165) is 34.4 Å². The van der Waals surface area contributed by atoms with Crippen LogP contribution in [0.1, 0.15) is 41.3 Å². The summed E-state index contributed by atoms with van der Waals surface area (Å²) in [4.78, 5) is 30.0. The minimum absolute atomic E-state index is 0.0583. The summed E-state index contributed by atoms with van der Waals surface area (Å²) in [5.41, 5.74) is 4.96. The molecule has 9 nitrogen and oxygen atoms in total. The molecule has 6 rings (SSSR count). The van der Waals surface area contributed by atoms with Gasteiger partial charge in [0.2, 0.25) is 12.7 Å². The molecule has 10 heteroatoms. The van der Waals surface area contributed by atoms with Crippen LogP contribution in [0, 0.1) is 13.8 Å². The van der Waals surface area contributed by atoms with Crippen LogP contribution in [0.2, 0.25) is 0 Å². The number of nitrogens with zero attached hydrogens (tertiary/aromatic N) is 5. The van der Waals surface area contributed by atoms with Crippen molar-refractivity contribution in [1.82, 2.24) is 24.6 Å². The van der Waals surface area contributed by atoms with Gasteiger partial charge >= 0.3 is 0 Å². The molecule has 43 heavy (non-hydrogen) atoms. The van der Waals surface area contributed by atoms with Crippen molar-refractivity contribution >= 4 is 23.6 Å². The second kappa shape index (κ2) is 12.5. The van der Waals surface area contributed by atoms with Gasteiger partial charge in [-0.05, 0) is 57.5 Å². The van der Waals surface area contributed by atoms with Crippen molar-refractivity contribution in [3.63, 3.8) is 0 Å². The monoisotopic (exact) mass is 597 g/mol. The van der Waals surface area contributed by atoms with Crippen LogP contribution >= 0.6 is 11.8 Å². The van der Waals surface area contributed by atoms with Gasteiger partial charge in [0.15, 0.2) is 22.5 Å². The zero-order chi connectivity index (χ0) is 29.9. The lowest BCUT2D eigenvalue weighted by atomic mass is 10.1. The van der Waals surface area contributed by atoms with Crippen molar-refractivity contribution in [2.24, 2.45) is 0 Å². The molecular formula is C33H35N5O4S. The highest BCUT2D eigenvalue weighted by atomic mass is 32.2. The zero-order valence-electron chi connectivity index (χ0n) is 24.7. The fourth-order valence-electron chi connectivity index (χ4n) is 5.41. The van der Waals surface area contributed by atoms with E-state index in [4.69, 9.17) is 9.47 Å². The second-order valence-electron chi connectivity index (χ2n) is 11.1. The van der Waals surface area contributed by atoms with Crippen molar-refractivity contribution in [3.8, 4) is 28.6 Å². The van der Waals surface area contributed by atoms with Crippen LogP contribution in [-0.2, 0) is 4.79 Å². The minimum atomic E-state index is -0.0850. The Labute approximate surface area is 255 Å². The van der Waals surface area contributed by atoms with Gasteiger partial charge in [-0.1, -0.05) is 59.3 Å². The Morgan fingerprint density at radius 2 is 1.63 bits per heavy atom. The van der Waals surface area contributed by atoms with Crippen LogP contribution in [-0.4, -0.2) is 74.6 Å². The van der Waals surface area contributed by atoms with Crippen LogP contribution in [0.3, 0.4) is 0 Å². The van der Waals surface area contributed by atoms with Crippen LogP contribution < -0.4 is 9.47 Å². The smallest absolute Gasteiger partial charge is 0.254 e. The molecule has 0 radical (unpaired) electrons. The largest absolute Gasteiger partial charge is 0.454 e. The number of benzene rings is 3. The molecule has 222 valence electrons. The Hall–Kier alpha value is -4.31. The first-order valence-corrected chi connectivity index (χ1v) is 15.6. The average molecular weight is 598 g/mol. The van der Waals surface area contributed by atoms with E-state index in [9.17, 15) is 9.59 Å². The molecule has 1 atom stereocenters. The van der Waals surface area contributed by atoms with Gasteiger partial charge in [-0.15, -0.1) is 10.2 Å². The Kier molecular flexibility index (Phi) is 8.38. The van der Waals surface area contributed by atoms with E-state index in [-0.39, 0.29) is 24.6 Å². The molecule has 0 N–H and O–H groups in total. The maximum atomic E-state index is 13.2. The molecule has 1 fully saturated rings. The van der Waals surface area contributed by atoms with Gasteiger partial charge in [0.25, 0.3) is 5.91 Å². The van der Waals surface area contributed by atoms with Crippen molar-refractivity contribution < 1.29 is 19.1 Å². The summed E-state index contributed by atoms with van der Waals surface area (Å²) in [5.74, 6) is 2.83. The number of carbonyl (C=O) groups excluding carboxylic acids is 2. The van der Waals surface area contributed by atoms with Gasteiger partial charge in [0, 0.05) is 54.7 Å². The van der Waals surface area contributed by atoms with E-state index in [0.29, 0.717) is 43.1 Å². The Morgan fingerprint density at radius 1 is 0.907 bits per heavy atom. The summed E-state index contributed by atoms with van der Waals surface area (Å²) < 4.78 is 12.9. The molecule has 2 aliphatic rings. The molecule has 1 aromatic heterocycles. The molecule has 0 aliphatic carbocycles. The summed E-state index contributed by atoms with van der Waals surface area (Å²) in [6, 6.07) is 21.8. The maximum absolute atomic E-state index is 13.2. The Morgan fingerprint density at radius 3 is 2.37 bits per heavy atom. The molecule has 0 bridgehead atoms. The number of piperazine rings is 1. The number of hydrogen-bond acceptors (Lipinski definition) is 7. The van der Waals surface area contributed by atoms with Crippen molar-refractivity contribution in [2.45, 2.75) is 44.8 Å². The van der Waals surface area contributed by atoms with Crippen molar-refractivity contribution in [2.75, 3.05) is 32.2 Å². The fraction of sp³-hybridized carbons (Fsp3) is 0.333. The third-order valence-corrected chi connectivity index (χ3v) is 8.88. The lowest BCUT2D eigenvalue weighted by molar-refractivity contribution is -0.133. The predicted octanol–water partition coefficient (Wildman–Crippen LogP) is 5.53. The summed E-state index contributed by atoms with van der Waals surface area (Å²) in [6.07, 6.45) is 1.16. The number of rotatable bonds is 8. The summed E-state index contributed by atoms with van der Waals surface area (Å²) in [6.45, 7) is 7.84. The normalized spacial score (nSPS) is 16.0. The molecule has 1 saturated heterocycles. The molecule has 1 unspecified atom stereocenters. The van der Waals surface area contributed by atoms with Gasteiger partial charge in [-0.2, -0.15) is 0 Å². The topological polar surface area (TPSA) is 89.8 Å². The number of fused-ring (bicyclic) bond motifs is 1. The first-order chi connectivity index (χ1) is 20.9. The van der Waals surface area contributed by atoms with E-state index in [1.165, 1.54) is 11.1 Å². The third kappa shape index (κ3) is 6.24. The first kappa shape index (κ1) is 28.8.